The monoisotopic (exact) mass is 708 g/mol. The molecule has 1 aliphatic heterocycles. The van der Waals surface area contributed by atoms with Crippen molar-refractivity contribution in [3.8, 4) is 0 Å². The van der Waals surface area contributed by atoms with E-state index in [4.69, 9.17) is 23.7 Å². The van der Waals surface area contributed by atoms with Crippen LogP contribution in [0.3, 0.4) is 0 Å². The van der Waals surface area contributed by atoms with Gasteiger partial charge in [-0.05, 0) is 42.4 Å². The number of hydrogen-bond acceptors (Lipinski definition) is 6. The third kappa shape index (κ3) is 10.5. The van der Waals surface area contributed by atoms with Crippen LogP contribution >= 0.6 is 15.9 Å². The predicted molar refractivity (Wildman–Crippen MR) is 190 cm³/mol. The molecule has 3 aromatic carbocycles. The summed E-state index contributed by atoms with van der Waals surface area (Å²) in [6.07, 6.45) is 0.913. The number of methoxy groups -OCH3 is 1. The molecule has 7 heteroatoms. The van der Waals surface area contributed by atoms with E-state index in [-0.39, 0.29) is 54.1 Å². The molecule has 6 nitrogen and oxygen atoms in total. The molecule has 0 radical (unpaired) electrons. The molecule has 0 bridgehead atoms. The van der Waals surface area contributed by atoms with Crippen molar-refractivity contribution in [2.24, 2.45) is 23.7 Å². The van der Waals surface area contributed by atoms with E-state index in [1.165, 1.54) is 7.11 Å². The molecular weight excluding hydrogens is 656 g/mol. The van der Waals surface area contributed by atoms with Gasteiger partial charge in [-0.1, -0.05) is 135 Å². The minimum absolute atomic E-state index is 0.000104. The average molecular weight is 710 g/mol. The minimum atomic E-state index is -0.933. The van der Waals surface area contributed by atoms with Crippen LogP contribution < -0.4 is 0 Å². The zero-order chi connectivity index (χ0) is 33.8. The van der Waals surface area contributed by atoms with Crippen molar-refractivity contribution in [3.63, 3.8) is 0 Å². The van der Waals surface area contributed by atoms with E-state index in [0.29, 0.717) is 26.4 Å². The van der Waals surface area contributed by atoms with Crippen LogP contribution in [-0.2, 0) is 48.3 Å². The van der Waals surface area contributed by atoms with Crippen molar-refractivity contribution in [2.45, 2.75) is 96.0 Å². The fourth-order valence-electron chi connectivity index (χ4n) is 6.90. The number of ether oxygens (including phenoxy) is 5. The predicted octanol–water partition coefficient (Wildman–Crippen LogP) is 8.79. The zero-order valence-corrected chi connectivity index (χ0v) is 30.4. The SMILES string of the molecule is COC(=O)C(C)(Br)[C@@H]1CC[C@H](C)[C@@H]([C@@H](C)[C@@H](OCc2ccccc2)[C@@H](C)[C@@H](OCc2ccccc2)[C@@H](C)COCc2ccccc2)O1. The first-order chi connectivity index (χ1) is 22.6. The number of halogens is 1. The number of carbonyl (C=O) groups is 1. The maximum atomic E-state index is 12.7. The molecule has 1 aliphatic rings. The van der Waals surface area contributed by atoms with Crippen LogP contribution in [0.2, 0.25) is 0 Å². The maximum absolute atomic E-state index is 12.7. The lowest BCUT2D eigenvalue weighted by atomic mass is 9.76. The van der Waals surface area contributed by atoms with Gasteiger partial charge < -0.3 is 23.7 Å². The van der Waals surface area contributed by atoms with Crippen LogP contribution in [0.5, 0.6) is 0 Å². The Balaban J connectivity index is 1.59. The summed E-state index contributed by atoms with van der Waals surface area (Å²) in [6, 6.07) is 30.9. The number of alkyl halides is 1. The number of esters is 1. The van der Waals surface area contributed by atoms with E-state index in [0.717, 1.165) is 29.5 Å². The number of rotatable bonds is 17. The summed E-state index contributed by atoms with van der Waals surface area (Å²) in [4.78, 5) is 12.7. The van der Waals surface area contributed by atoms with Gasteiger partial charge in [-0.15, -0.1) is 0 Å². The highest BCUT2D eigenvalue weighted by Gasteiger charge is 2.48. The highest BCUT2D eigenvalue weighted by molar-refractivity contribution is 9.10. The van der Waals surface area contributed by atoms with Gasteiger partial charge >= 0.3 is 5.97 Å². The third-order valence-electron chi connectivity index (χ3n) is 9.65. The smallest absolute Gasteiger partial charge is 0.325 e. The Hall–Kier alpha value is -2.55. The number of benzene rings is 3. The number of carbonyl (C=O) groups excluding carboxylic acids is 1. The average Bonchev–Trinajstić information content (AvgIpc) is 3.09. The van der Waals surface area contributed by atoms with E-state index >= 15 is 0 Å². The van der Waals surface area contributed by atoms with Gasteiger partial charge in [-0.25, -0.2) is 0 Å². The summed E-state index contributed by atoms with van der Waals surface area (Å²) in [5.41, 5.74) is 3.39. The lowest BCUT2D eigenvalue weighted by molar-refractivity contribution is -0.176. The lowest BCUT2D eigenvalue weighted by Crippen LogP contribution is -2.53. The van der Waals surface area contributed by atoms with Crippen molar-refractivity contribution in [1.29, 1.82) is 0 Å². The summed E-state index contributed by atoms with van der Waals surface area (Å²) in [7, 11) is 1.42. The molecule has 0 N–H and O–H groups in total. The minimum Gasteiger partial charge on any atom is -0.468 e. The molecule has 1 fully saturated rings. The Labute approximate surface area is 290 Å². The van der Waals surface area contributed by atoms with E-state index < -0.39 is 4.32 Å². The van der Waals surface area contributed by atoms with Crippen molar-refractivity contribution in [1.82, 2.24) is 0 Å². The third-order valence-corrected chi connectivity index (χ3v) is 10.5. The van der Waals surface area contributed by atoms with E-state index in [1.54, 1.807) is 0 Å². The highest BCUT2D eigenvalue weighted by atomic mass is 79.9. The van der Waals surface area contributed by atoms with Crippen molar-refractivity contribution in [2.75, 3.05) is 13.7 Å². The molecule has 1 unspecified atom stereocenters. The Bertz CT molecular complexity index is 1320. The van der Waals surface area contributed by atoms with E-state index in [1.807, 2.05) is 61.5 Å². The van der Waals surface area contributed by atoms with Gasteiger partial charge in [0.25, 0.3) is 0 Å². The Morgan fingerprint density at radius 2 is 1.30 bits per heavy atom. The largest absolute Gasteiger partial charge is 0.468 e. The fourth-order valence-corrected chi connectivity index (χ4v) is 7.40. The molecular formula is C40H53BrO6. The Kier molecular flexibility index (Phi) is 14.5. The molecule has 0 saturated carbocycles. The van der Waals surface area contributed by atoms with Crippen LogP contribution in [0.25, 0.3) is 0 Å². The van der Waals surface area contributed by atoms with Crippen molar-refractivity contribution in [3.05, 3.63) is 108 Å². The van der Waals surface area contributed by atoms with Crippen molar-refractivity contribution >= 4 is 21.9 Å². The molecule has 256 valence electrons. The zero-order valence-electron chi connectivity index (χ0n) is 28.8. The van der Waals surface area contributed by atoms with Gasteiger partial charge in [0.2, 0.25) is 0 Å². The van der Waals surface area contributed by atoms with E-state index in [9.17, 15) is 4.79 Å². The molecule has 3 aromatic rings. The van der Waals surface area contributed by atoms with E-state index in [2.05, 4.69) is 80.0 Å². The molecule has 0 aliphatic carbocycles. The van der Waals surface area contributed by atoms with Crippen LogP contribution in [0.1, 0.15) is 64.2 Å². The second kappa shape index (κ2) is 18.3. The van der Waals surface area contributed by atoms with Crippen molar-refractivity contribution < 1.29 is 28.5 Å². The lowest BCUT2D eigenvalue weighted by Gasteiger charge is -2.46. The molecule has 9 atom stereocenters. The van der Waals surface area contributed by atoms with Gasteiger partial charge in [-0.3, -0.25) is 4.79 Å². The molecule has 0 spiro atoms. The fraction of sp³-hybridized carbons (Fsp3) is 0.525. The summed E-state index contributed by atoms with van der Waals surface area (Å²) in [6.45, 7) is 12.8. The molecule has 1 heterocycles. The van der Waals surface area contributed by atoms with Gasteiger partial charge in [0.1, 0.15) is 4.32 Å². The molecule has 4 rings (SSSR count). The van der Waals surface area contributed by atoms with Crippen LogP contribution in [0.4, 0.5) is 0 Å². The number of hydrogen-bond donors (Lipinski definition) is 0. The molecule has 1 saturated heterocycles. The maximum Gasteiger partial charge on any atom is 0.325 e. The second-order valence-electron chi connectivity index (χ2n) is 13.4. The van der Waals surface area contributed by atoms with Crippen LogP contribution in [0, 0.1) is 23.7 Å². The summed E-state index contributed by atoms with van der Waals surface area (Å²) in [5.74, 6) is 0.0580. The van der Waals surface area contributed by atoms with Gasteiger partial charge in [-0.2, -0.15) is 0 Å². The van der Waals surface area contributed by atoms with Gasteiger partial charge in [0.15, 0.2) is 0 Å². The van der Waals surface area contributed by atoms with Crippen LogP contribution in [-0.4, -0.2) is 48.4 Å². The second-order valence-corrected chi connectivity index (χ2v) is 15.1. The standard InChI is InChI=1S/C40H53BrO6/c1-28-22-23-35(40(5,41)39(42)43-6)47-37(28)31(4)38(46-27-34-20-14-9-15-21-34)30(3)36(45-26-33-18-12-8-13-19-33)29(2)24-44-25-32-16-10-7-11-17-32/h7-21,28-31,35-38H,22-27H2,1-6H3/t28-,29-,30-,31+,35-,36-,37-,38-,40?/m0/s1. The van der Waals surface area contributed by atoms with Gasteiger partial charge in [0, 0.05) is 17.8 Å². The summed E-state index contributed by atoms with van der Waals surface area (Å²) < 4.78 is 31.0. The Morgan fingerprint density at radius 1 is 0.809 bits per heavy atom. The Morgan fingerprint density at radius 3 is 1.81 bits per heavy atom. The first-order valence-electron chi connectivity index (χ1n) is 17.0. The van der Waals surface area contributed by atoms with Crippen LogP contribution in [0.15, 0.2) is 91.0 Å². The quantitative estimate of drug-likeness (QED) is 0.103. The summed E-state index contributed by atoms with van der Waals surface area (Å²) in [5, 5.41) is 0. The first-order valence-corrected chi connectivity index (χ1v) is 17.8. The summed E-state index contributed by atoms with van der Waals surface area (Å²) >= 11 is 3.65. The normalized spacial score (nSPS) is 22.7. The molecule has 0 aromatic heterocycles. The highest BCUT2D eigenvalue weighted by Crippen LogP contribution is 2.41. The topological polar surface area (TPSA) is 63.2 Å². The molecule has 0 amide bonds. The molecule has 47 heavy (non-hydrogen) atoms. The first kappa shape index (κ1) is 37.3. The van der Waals surface area contributed by atoms with Gasteiger partial charge in [0.05, 0.1) is 58.0 Å².